The zero-order valence-corrected chi connectivity index (χ0v) is 25.7. The fourth-order valence-electron chi connectivity index (χ4n) is 7.28. The lowest BCUT2D eigenvalue weighted by Crippen LogP contribution is -2.53. The molecular weight excluding hydrogens is 518 g/mol. The van der Waals surface area contributed by atoms with Gasteiger partial charge in [0.25, 0.3) is 5.91 Å². The van der Waals surface area contributed by atoms with Crippen LogP contribution in [0.1, 0.15) is 92.8 Å². The molecule has 1 aliphatic carbocycles. The van der Waals surface area contributed by atoms with E-state index < -0.39 is 0 Å². The molecule has 8 heteroatoms. The van der Waals surface area contributed by atoms with Crippen molar-refractivity contribution in [3.05, 3.63) is 61.7 Å². The van der Waals surface area contributed by atoms with E-state index in [0.29, 0.717) is 36.3 Å². The number of likely N-dealkylation sites (tertiary alicyclic amines) is 1. The van der Waals surface area contributed by atoms with E-state index in [9.17, 15) is 4.79 Å². The number of fused-ring (bicyclic) bond motifs is 1. The number of nitrogens with zero attached hydrogens (tertiary/aromatic N) is 5. The molecule has 214 valence electrons. The van der Waals surface area contributed by atoms with Gasteiger partial charge in [-0.2, -0.15) is 5.10 Å². The lowest BCUT2D eigenvalue weighted by molar-refractivity contribution is 0.0269. The fourth-order valence-corrected chi connectivity index (χ4v) is 8.72. The minimum Gasteiger partial charge on any atom is -0.481 e. The number of rotatable bonds is 7. The smallest absolute Gasteiger partial charge is 0.255 e. The number of carbonyl (C=O) groups excluding carboxylic acids is 1. The molecule has 1 atom stereocenters. The van der Waals surface area contributed by atoms with Crippen LogP contribution in [0.25, 0.3) is 0 Å². The van der Waals surface area contributed by atoms with Crippen molar-refractivity contribution in [3.8, 4) is 5.88 Å². The van der Waals surface area contributed by atoms with Crippen LogP contribution in [0.2, 0.25) is 0 Å². The normalized spacial score (nSPS) is 22.8. The number of hydrogen-bond acceptors (Lipinski definition) is 6. The Bertz CT molecular complexity index is 1400. The van der Waals surface area contributed by atoms with Crippen LogP contribution in [0, 0.1) is 33.6 Å². The summed E-state index contributed by atoms with van der Waals surface area (Å²) in [6, 6.07) is 5.42. The van der Waals surface area contributed by atoms with Crippen molar-refractivity contribution in [3.63, 3.8) is 0 Å². The van der Waals surface area contributed by atoms with Gasteiger partial charge in [0.15, 0.2) is 0 Å². The number of methoxy groups -OCH3 is 1. The van der Waals surface area contributed by atoms with Crippen LogP contribution in [0.5, 0.6) is 5.88 Å². The van der Waals surface area contributed by atoms with E-state index in [1.54, 1.807) is 7.11 Å². The van der Waals surface area contributed by atoms with Gasteiger partial charge in [0.1, 0.15) is 0 Å². The molecule has 2 aliphatic heterocycles. The molecule has 0 spiro atoms. The Labute approximate surface area is 242 Å². The number of carbonyl (C=O) groups is 1. The first-order chi connectivity index (χ1) is 19.2. The minimum atomic E-state index is 0.166. The zero-order chi connectivity index (χ0) is 28.1. The predicted molar refractivity (Wildman–Crippen MR) is 159 cm³/mol. The predicted octanol–water partition coefficient (Wildman–Crippen LogP) is 6.00. The van der Waals surface area contributed by atoms with Crippen molar-refractivity contribution >= 4 is 17.2 Å². The maximum absolute atomic E-state index is 13.8. The number of thiophene rings is 1. The number of hydrogen-bond donors (Lipinski definition) is 0. The molecule has 1 amide bonds. The largest absolute Gasteiger partial charge is 0.481 e. The molecule has 2 fully saturated rings. The van der Waals surface area contributed by atoms with Gasteiger partial charge < -0.3 is 9.64 Å². The van der Waals surface area contributed by atoms with E-state index in [1.807, 2.05) is 23.2 Å². The highest BCUT2D eigenvalue weighted by molar-refractivity contribution is 7.12. The summed E-state index contributed by atoms with van der Waals surface area (Å²) in [5.41, 5.74) is 6.35. The fraction of sp³-hybridized carbons (Fsp3) is 0.594. The quantitative estimate of drug-likeness (QED) is 0.354. The first kappa shape index (κ1) is 27.5. The number of aryl methyl sites for hydroxylation is 3. The first-order valence-corrected chi connectivity index (χ1v) is 15.7. The van der Waals surface area contributed by atoms with Gasteiger partial charge in [0.2, 0.25) is 5.88 Å². The zero-order valence-electron chi connectivity index (χ0n) is 24.9. The van der Waals surface area contributed by atoms with E-state index in [1.165, 1.54) is 41.0 Å². The van der Waals surface area contributed by atoms with E-state index in [2.05, 4.69) is 65.7 Å². The maximum Gasteiger partial charge on any atom is 0.255 e. The average molecular weight is 562 g/mol. The third kappa shape index (κ3) is 4.98. The summed E-state index contributed by atoms with van der Waals surface area (Å²) in [6.07, 6.45) is 8.16. The average Bonchev–Trinajstić information content (AvgIpc) is 3.49. The van der Waals surface area contributed by atoms with Gasteiger partial charge in [0.05, 0.1) is 31.0 Å². The van der Waals surface area contributed by atoms with Crippen LogP contribution in [-0.2, 0) is 13.0 Å². The SMILES string of the molecule is COc1nc(C)cc(C)c1CN1CCc2sc(C(C)[C@H]3CC[C@H](N4CC(n5ccc(C)n5)C4)CC3)c(C)c2C1=O. The van der Waals surface area contributed by atoms with E-state index in [-0.39, 0.29) is 5.91 Å². The molecule has 0 N–H and O–H groups in total. The van der Waals surface area contributed by atoms with Gasteiger partial charge in [-0.1, -0.05) is 6.92 Å². The molecule has 1 saturated carbocycles. The summed E-state index contributed by atoms with van der Waals surface area (Å²) < 4.78 is 7.74. The second-order valence-corrected chi connectivity index (χ2v) is 13.5. The lowest BCUT2D eigenvalue weighted by Gasteiger charge is -2.47. The summed E-state index contributed by atoms with van der Waals surface area (Å²) in [6.45, 7) is 14.3. The van der Waals surface area contributed by atoms with Crippen molar-refractivity contribution in [2.45, 2.75) is 91.3 Å². The highest BCUT2D eigenvalue weighted by Crippen LogP contribution is 2.44. The molecule has 3 aliphatic rings. The molecule has 0 radical (unpaired) electrons. The van der Waals surface area contributed by atoms with Gasteiger partial charge in [-0.3, -0.25) is 14.4 Å². The molecule has 6 rings (SSSR count). The highest BCUT2D eigenvalue weighted by Gasteiger charge is 2.38. The van der Waals surface area contributed by atoms with E-state index >= 15 is 0 Å². The van der Waals surface area contributed by atoms with Gasteiger partial charge >= 0.3 is 0 Å². The Balaban J connectivity index is 1.09. The Hall–Kier alpha value is -2.71. The Morgan fingerprint density at radius 1 is 1.07 bits per heavy atom. The Kier molecular flexibility index (Phi) is 7.51. The summed E-state index contributed by atoms with van der Waals surface area (Å²) >= 11 is 1.91. The van der Waals surface area contributed by atoms with Gasteiger partial charge in [-0.15, -0.1) is 11.3 Å². The summed E-state index contributed by atoms with van der Waals surface area (Å²) in [5, 5.41) is 4.62. The molecule has 3 aromatic heterocycles. The van der Waals surface area contributed by atoms with Crippen LogP contribution in [0.15, 0.2) is 18.3 Å². The third-order valence-corrected chi connectivity index (χ3v) is 11.3. The van der Waals surface area contributed by atoms with Crippen molar-refractivity contribution in [1.82, 2.24) is 24.6 Å². The van der Waals surface area contributed by atoms with Crippen LogP contribution in [-0.4, -0.2) is 63.3 Å². The molecule has 7 nitrogen and oxygen atoms in total. The molecule has 0 bridgehead atoms. The minimum absolute atomic E-state index is 0.166. The second-order valence-electron chi connectivity index (χ2n) is 12.3. The monoisotopic (exact) mass is 561 g/mol. The summed E-state index contributed by atoms with van der Waals surface area (Å²) in [7, 11) is 1.66. The Morgan fingerprint density at radius 2 is 1.82 bits per heavy atom. The van der Waals surface area contributed by atoms with E-state index in [0.717, 1.165) is 54.1 Å². The molecule has 1 unspecified atom stereocenters. The van der Waals surface area contributed by atoms with Crippen LogP contribution < -0.4 is 4.74 Å². The van der Waals surface area contributed by atoms with Gasteiger partial charge in [-0.05, 0) is 88.5 Å². The van der Waals surface area contributed by atoms with Crippen molar-refractivity contribution < 1.29 is 9.53 Å². The number of pyridine rings is 1. The third-order valence-electron chi connectivity index (χ3n) is 9.73. The van der Waals surface area contributed by atoms with Gasteiger partial charge in [-0.25, -0.2) is 4.98 Å². The Morgan fingerprint density at radius 3 is 2.50 bits per heavy atom. The van der Waals surface area contributed by atoms with Crippen molar-refractivity contribution in [1.29, 1.82) is 0 Å². The summed E-state index contributed by atoms with van der Waals surface area (Å²) in [4.78, 5) is 25.7. The second kappa shape index (κ2) is 10.9. The number of ether oxygens (including phenoxy) is 1. The van der Waals surface area contributed by atoms with Crippen molar-refractivity contribution in [2.24, 2.45) is 5.92 Å². The molecule has 1 saturated heterocycles. The molecule has 0 aromatic carbocycles. The topological polar surface area (TPSA) is 63.5 Å². The van der Waals surface area contributed by atoms with Gasteiger partial charge in [0, 0.05) is 59.3 Å². The number of aromatic nitrogens is 3. The molecule has 3 aromatic rings. The van der Waals surface area contributed by atoms with Crippen LogP contribution in [0.3, 0.4) is 0 Å². The van der Waals surface area contributed by atoms with Crippen LogP contribution in [0.4, 0.5) is 0 Å². The highest BCUT2D eigenvalue weighted by atomic mass is 32.1. The molecular formula is C32H43N5O2S. The summed E-state index contributed by atoms with van der Waals surface area (Å²) in [5.74, 6) is 1.99. The molecule has 40 heavy (non-hydrogen) atoms. The van der Waals surface area contributed by atoms with E-state index in [4.69, 9.17) is 4.74 Å². The molecule has 5 heterocycles. The van der Waals surface area contributed by atoms with Crippen LogP contribution >= 0.6 is 11.3 Å². The first-order valence-electron chi connectivity index (χ1n) is 14.9. The lowest BCUT2D eigenvalue weighted by atomic mass is 9.76. The standard InChI is InChI=1S/C32H43N5O2S/c1-19-15-21(3)33-31(39-6)27(19)18-35-13-12-28-29(32(35)38)23(5)30(40-28)22(4)24-7-9-25(10-8-24)36-16-26(17-36)37-14-11-20(2)34-37/h11,14-15,22,24-26H,7-10,12-13,16-18H2,1-6H3/t22?,24-,25-. The number of amides is 1. The maximum atomic E-state index is 13.8. The van der Waals surface area contributed by atoms with Crippen molar-refractivity contribution in [2.75, 3.05) is 26.7 Å².